The van der Waals surface area contributed by atoms with E-state index in [0.717, 1.165) is 32.1 Å². The van der Waals surface area contributed by atoms with Crippen LogP contribution in [0.3, 0.4) is 0 Å². The minimum atomic E-state index is -0.816. The van der Waals surface area contributed by atoms with Crippen LogP contribution in [0, 0.1) is 70.4 Å². The molecule has 0 bridgehead atoms. The third-order valence-electron chi connectivity index (χ3n) is 24.4. The molecule has 0 aromatic carbocycles. The fourth-order valence-corrected chi connectivity index (χ4v) is 16.9. The van der Waals surface area contributed by atoms with Crippen LogP contribution < -0.4 is 0 Å². The lowest BCUT2D eigenvalue weighted by Crippen LogP contribution is -2.48. The Bertz CT molecular complexity index is 2510. The number of hydrogen-bond acceptors (Lipinski definition) is 35. The second-order valence-electron chi connectivity index (χ2n) is 37.8. The lowest BCUT2D eigenvalue weighted by molar-refractivity contribution is -0.164. The Morgan fingerprint density at radius 2 is 0.231 bits per heavy atom. The molecule has 0 aromatic rings. The van der Waals surface area contributed by atoms with E-state index < -0.39 is 70.4 Å². The summed E-state index contributed by atoms with van der Waals surface area (Å²) >= 11 is 0. The van der Waals surface area contributed by atoms with Crippen molar-refractivity contribution in [2.24, 2.45) is 70.4 Å². The molecule has 1 N–H and O–H groups in total. The summed E-state index contributed by atoms with van der Waals surface area (Å²) in [5.41, 5.74) is -8.43. The molecule has 0 spiro atoms. The van der Waals surface area contributed by atoms with Gasteiger partial charge >= 0.3 is 0 Å². The predicted molar refractivity (Wildman–Crippen MR) is 495 cm³/mol. The topological polar surface area (TPSA) is 334 Å². The molecule has 0 fully saturated rings. The highest BCUT2D eigenvalue weighted by atomic mass is 16.6. The van der Waals surface area contributed by atoms with Crippen LogP contribution in [-0.2, 0) is 161 Å². The number of hydrogen-bond donors (Lipinski definition) is 1. The molecule has 782 valence electrons. The van der Waals surface area contributed by atoms with E-state index in [1.807, 2.05) is 6.92 Å². The van der Waals surface area contributed by atoms with Gasteiger partial charge in [0.05, 0.1) is 354 Å². The molecular weight excluding hydrogens is 1700 g/mol. The Labute approximate surface area is 786 Å². The van der Waals surface area contributed by atoms with E-state index in [9.17, 15) is 5.11 Å². The van der Waals surface area contributed by atoms with Crippen LogP contribution in [0.25, 0.3) is 0 Å². The SMILES string of the molecule is CCCCOCC(COC)(COC)COCC(COC)(COC)COCC(COC)(COC)COCC(COC)(COC)COCC(COC)(COC)COCC(COC)(COC)COCC(COC)(COC)COCC(COC)(COC)COCC(CC)(COC)COCC(CC)(COC)COCC(CC)(COC)COCC(CC)(COC)COCC(CC)(CO)COC. The summed E-state index contributed by atoms with van der Waals surface area (Å²) in [6, 6.07) is 0. The summed E-state index contributed by atoms with van der Waals surface area (Å²) < 4.78 is 210. The minimum absolute atomic E-state index is 0.0394. The molecule has 5 unspecified atom stereocenters. The number of methoxy groups -OCH3 is 21. The smallest absolute Gasteiger partial charge is 0.0637 e. The maximum Gasteiger partial charge on any atom is 0.0637 e. The Hall–Kier alpha value is -1.40. The van der Waals surface area contributed by atoms with Crippen LogP contribution in [0.5, 0.6) is 0 Å². The first-order valence-electron chi connectivity index (χ1n) is 46.1. The molecule has 5 atom stereocenters. The third-order valence-corrected chi connectivity index (χ3v) is 24.4. The second-order valence-corrected chi connectivity index (χ2v) is 37.8. The predicted octanol–water partition coefficient (Wildman–Crippen LogP) is 8.44. The number of aliphatic hydroxyl groups excluding tert-OH is 1. The van der Waals surface area contributed by atoms with Crippen LogP contribution in [0.1, 0.15) is 86.5 Å². The van der Waals surface area contributed by atoms with Gasteiger partial charge in [0.2, 0.25) is 0 Å². The molecule has 0 radical (unpaired) electrons. The van der Waals surface area contributed by atoms with Gasteiger partial charge in [-0.25, -0.2) is 0 Å². The fraction of sp³-hybridized carbons (Fsp3) is 1.00. The molecule has 35 nitrogen and oxygen atoms in total. The van der Waals surface area contributed by atoms with Gasteiger partial charge in [0.1, 0.15) is 0 Å². The Morgan fingerprint density at radius 1 is 0.131 bits per heavy atom. The molecule has 130 heavy (non-hydrogen) atoms. The highest BCUT2D eigenvalue weighted by Crippen LogP contribution is 2.37. The lowest BCUT2D eigenvalue weighted by atomic mass is 9.85. The van der Waals surface area contributed by atoms with Crippen molar-refractivity contribution in [1.29, 1.82) is 0 Å². The van der Waals surface area contributed by atoms with Gasteiger partial charge in [0, 0.05) is 183 Å². The largest absolute Gasteiger partial charge is 0.396 e. The van der Waals surface area contributed by atoms with Gasteiger partial charge in [-0.05, 0) is 38.5 Å². The van der Waals surface area contributed by atoms with Gasteiger partial charge in [-0.1, -0.05) is 48.0 Å². The average molecular weight is 1890 g/mol. The van der Waals surface area contributed by atoms with Crippen LogP contribution in [0.2, 0.25) is 0 Å². The van der Waals surface area contributed by atoms with Crippen molar-refractivity contribution in [3.8, 4) is 0 Å². The Morgan fingerprint density at radius 3 is 0.338 bits per heavy atom. The number of ether oxygens (including phenoxy) is 34. The molecule has 0 aliphatic carbocycles. The molecular formula is C95H192O35. The third kappa shape index (κ3) is 48.2. The molecule has 0 saturated carbocycles. The summed E-state index contributed by atoms with van der Waals surface area (Å²) in [4.78, 5) is 0. The van der Waals surface area contributed by atoms with E-state index in [2.05, 4.69) is 34.6 Å². The van der Waals surface area contributed by atoms with E-state index in [0.29, 0.717) is 138 Å². The van der Waals surface area contributed by atoms with E-state index >= 15 is 0 Å². The monoisotopic (exact) mass is 1890 g/mol. The first kappa shape index (κ1) is 129. The van der Waals surface area contributed by atoms with Crippen LogP contribution in [-0.4, -0.2) is 472 Å². The molecule has 35 heteroatoms. The molecule has 0 rings (SSSR count). The molecule has 0 amide bonds. The molecule has 0 saturated heterocycles. The molecule has 0 aliphatic rings. The van der Waals surface area contributed by atoms with Crippen LogP contribution in [0.15, 0.2) is 0 Å². The van der Waals surface area contributed by atoms with Gasteiger partial charge in [0.25, 0.3) is 0 Å². The zero-order valence-corrected chi connectivity index (χ0v) is 86.7. The first-order valence-corrected chi connectivity index (χ1v) is 46.1. The van der Waals surface area contributed by atoms with E-state index in [1.54, 1.807) is 149 Å². The van der Waals surface area contributed by atoms with Gasteiger partial charge in [-0.15, -0.1) is 0 Å². The minimum Gasteiger partial charge on any atom is -0.396 e. The van der Waals surface area contributed by atoms with Crippen molar-refractivity contribution >= 4 is 0 Å². The summed E-state index contributed by atoms with van der Waals surface area (Å²) in [6.07, 6.45) is 5.58. The number of unbranched alkanes of at least 4 members (excludes halogenated alkanes) is 1. The summed E-state index contributed by atoms with van der Waals surface area (Å²) in [7, 11) is 34.8. The maximum atomic E-state index is 10.3. The Kier molecular flexibility index (Phi) is 73.8. The Balaban J connectivity index is 6.76. The fourth-order valence-electron chi connectivity index (χ4n) is 16.9. The van der Waals surface area contributed by atoms with Crippen molar-refractivity contribution in [2.45, 2.75) is 86.5 Å². The van der Waals surface area contributed by atoms with Gasteiger partial charge < -0.3 is 166 Å². The van der Waals surface area contributed by atoms with Crippen molar-refractivity contribution in [2.75, 3.05) is 466 Å². The van der Waals surface area contributed by atoms with Crippen molar-refractivity contribution in [1.82, 2.24) is 0 Å². The van der Waals surface area contributed by atoms with Crippen LogP contribution in [0.4, 0.5) is 0 Å². The molecule has 0 heterocycles. The van der Waals surface area contributed by atoms with Gasteiger partial charge in [-0.3, -0.25) is 0 Å². The quantitative estimate of drug-likeness (QED) is 0.0558. The van der Waals surface area contributed by atoms with Gasteiger partial charge in [-0.2, -0.15) is 0 Å². The number of aliphatic hydroxyl groups is 1. The van der Waals surface area contributed by atoms with Crippen molar-refractivity contribution < 1.29 is 166 Å². The molecule has 0 aliphatic heterocycles. The van der Waals surface area contributed by atoms with E-state index in [-0.39, 0.29) is 192 Å². The standard InChI is InChI=1S/C95H192O35/c1-28-34-35-118-67-88(42-102-12,43-103-13)68-124-71-90(46-106-16,47-107-17)72-126-75-92(50-110-20,51-111-21)76-128-79-94(54-114-24,55-115-25)80-130-82-95(56-116-26,57-117-27)81-129-78-93(52-112-22,53-113-23)77-127-74-91(48-108-18,49-109-19)73-125-70-89(44-104-14,45-105-15)69-123-66-87(33-6,41-101-11)65-122-64-86(32-5,40-100-10)63-121-62-85(31-4,39-99-9)61-120-60-84(30-3,38-98-8)59-119-58-83(29-2,36-96)37-97-7/h96H,28-82H2,1-27H3. The highest BCUT2D eigenvalue weighted by Gasteiger charge is 2.46. The second kappa shape index (κ2) is 74.6. The van der Waals surface area contributed by atoms with Gasteiger partial charge in [0.15, 0.2) is 0 Å². The highest BCUT2D eigenvalue weighted by molar-refractivity contribution is 4.92. The zero-order valence-electron chi connectivity index (χ0n) is 86.7. The summed E-state index contributed by atoms with van der Waals surface area (Å²) in [5.74, 6) is 0. The van der Waals surface area contributed by atoms with E-state index in [1.165, 1.54) is 0 Å². The number of rotatable bonds is 101. The first-order chi connectivity index (χ1) is 62.7. The normalized spacial score (nSPS) is 15.5. The van der Waals surface area contributed by atoms with Crippen molar-refractivity contribution in [3.05, 3.63) is 0 Å². The zero-order chi connectivity index (χ0) is 97.4. The molecule has 0 aromatic heterocycles. The van der Waals surface area contributed by atoms with E-state index in [4.69, 9.17) is 161 Å². The summed E-state index contributed by atoms with van der Waals surface area (Å²) in [6.45, 7) is 25.8. The van der Waals surface area contributed by atoms with Crippen LogP contribution >= 0.6 is 0 Å². The maximum absolute atomic E-state index is 10.3. The summed E-state index contributed by atoms with van der Waals surface area (Å²) in [5, 5.41) is 10.3. The average Bonchev–Trinajstić information content (AvgIpc) is 0.837. The van der Waals surface area contributed by atoms with Crippen molar-refractivity contribution in [3.63, 3.8) is 0 Å². The lowest BCUT2D eigenvalue weighted by Gasteiger charge is -2.39.